The highest BCUT2D eigenvalue weighted by Gasteiger charge is 2.50. The Kier molecular flexibility index (Phi) is 12.3. The van der Waals surface area contributed by atoms with Gasteiger partial charge >= 0.3 is 0 Å². The van der Waals surface area contributed by atoms with E-state index in [0.717, 1.165) is 6.26 Å². The van der Waals surface area contributed by atoms with Gasteiger partial charge in [0.25, 0.3) is 0 Å². The fourth-order valence-electron chi connectivity index (χ4n) is 6.44. The molecule has 6 nitrogen and oxygen atoms in total. The van der Waals surface area contributed by atoms with Gasteiger partial charge in [-0.2, -0.15) is 0 Å². The van der Waals surface area contributed by atoms with Gasteiger partial charge in [-0.15, -0.1) is 23.5 Å². The number of nitrogens with zero attached hydrogens (tertiary/aromatic N) is 2. The van der Waals surface area contributed by atoms with Crippen LogP contribution in [0.5, 0.6) is 0 Å². The van der Waals surface area contributed by atoms with E-state index in [2.05, 4.69) is 0 Å². The first-order chi connectivity index (χ1) is 28.7. The monoisotopic (exact) mass is 954 g/mol. The smallest absolute Gasteiger partial charge is 0.247 e. The molecule has 2 unspecified atom stereocenters. The van der Waals surface area contributed by atoms with Crippen molar-refractivity contribution < 1.29 is 89.4 Å². The molecule has 0 spiro atoms. The van der Waals surface area contributed by atoms with E-state index in [4.69, 9.17) is 0 Å². The summed E-state index contributed by atoms with van der Waals surface area (Å²) in [5.74, 6) is -48.6. The molecule has 25 heteroatoms. The largest absolute Gasteiger partial charge is 0.274 e. The number of hydrogen-bond donors (Lipinski definition) is 0. The van der Waals surface area contributed by atoms with Gasteiger partial charge < -0.3 is 0 Å². The molecule has 2 saturated heterocycles. The van der Waals surface area contributed by atoms with Crippen molar-refractivity contribution in [2.45, 2.75) is 58.4 Å². The number of hydrogen-bond acceptors (Lipinski definition) is 7. The lowest BCUT2D eigenvalue weighted by Crippen LogP contribution is -2.35. The number of rotatable bonds is 8. The fraction of sp³-hybridized carbons (Fsp3) is 0.243. The molecule has 0 aromatic heterocycles. The van der Waals surface area contributed by atoms with E-state index in [9.17, 15) is 36.7 Å². The first kappa shape index (κ1) is 46.6. The lowest BCUT2D eigenvalue weighted by Gasteiger charge is -2.25. The average molecular weight is 955 g/mol. The van der Waals surface area contributed by atoms with Crippen molar-refractivity contribution in [3.63, 3.8) is 0 Å². The normalized spacial score (nSPS) is 17.2. The van der Waals surface area contributed by atoms with Crippen molar-refractivity contribution in [3.8, 4) is 11.1 Å². The van der Waals surface area contributed by atoms with E-state index in [-0.39, 0.29) is 16.7 Å². The van der Waals surface area contributed by atoms with Gasteiger partial charge in [-0.05, 0) is 11.7 Å². The van der Waals surface area contributed by atoms with Gasteiger partial charge in [-0.3, -0.25) is 19.2 Å². The third kappa shape index (κ3) is 7.06. The molecule has 0 aliphatic carbocycles. The molecule has 2 atom stereocenters. The van der Waals surface area contributed by atoms with Gasteiger partial charge in [0, 0.05) is 12.8 Å². The maximum absolute atomic E-state index is 15.6. The molecular weight excluding hydrogens is 937 g/mol. The van der Waals surface area contributed by atoms with E-state index in [1.54, 1.807) is 0 Å². The maximum Gasteiger partial charge on any atom is 0.247 e. The van der Waals surface area contributed by atoms with Crippen molar-refractivity contribution in [2.75, 3.05) is 16.1 Å². The van der Waals surface area contributed by atoms with Crippen LogP contribution in [0.2, 0.25) is 0 Å². The van der Waals surface area contributed by atoms with Crippen LogP contribution in [0.4, 0.5) is 81.6 Å². The highest BCUT2D eigenvalue weighted by Crippen LogP contribution is 2.48. The van der Waals surface area contributed by atoms with Crippen LogP contribution in [0.15, 0.2) is 19.6 Å². The number of amides is 4. The molecule has 4 aromatic rings. The molecule has 0 radical (unpaired) electrons. The van der Waals surface area contributed by atoms with Crippen LogP contribution in [-0.2, 0) is 19.2 Å². The van der Waals surface area contributed by atoms with Crippen molar-refractivity contribution in [1.29, 1.82) is 0 Å². The van der Waals surface area contributed by atoms with Crippen LogP contribution in [0.3, 0.4) is 0 Å². The summed E-state index contributed by atoms with van der Waals surface area (Å²) in [5, 5.41) is -2.37. The lowest BCUT2D eigenvalue weighted by atomic mass is 9.80. The van der Waals surface area contributed by atoms with Gasteiger partial charge in [0.1, 0.15) is 11.4 Å². The number of carbonyl (C=O) groups is 4. The summed E-state index contributed by atoms with van der Waals surface area (Å²) >= 11 is -1.23. The van der Waals surface area contributed by atoms with Gasteiger partial charge in [0.15, 0.2) is 93.1 Å². The first-order valence-electron chi connectivity index (χ1n) is 16.8. The zero-order chi connectivity index (χ0) is 46.5. The predicted molar refractivity (Wildman–Crippen MR) is 187 cm³/mol. The van der Waals surface area contributed by atoms with E-state index in [0.29, 0.717) is 0 Å². The molecule has 0 bridgehead atoms. The standard InChI is InChI=1S/C37H18F16N2O4S3/c1-37(2,3)7-5-9(56)54(35(7)58)29-17(42)13(38)11(14(39)18(29)43)12-15(40)19(44)30(20(45)16(12)41)55-10(57)6-8(36(55)59)61-32-25(50)27(52)34(28(53)26(32)51)62-33-23(48)21(46)31(60-4)22(47)24(33)49/h7-8H,5-6H2,1-4H3. The highest BCUT2D eigenvalue weighted by atomic mass is 32.2. The Morgan fingerprint density at radius 2 is 0.758 bits per heavy atom. The van der Waals surface area contributed by atoms with Crippen LogP contribution >= 0.6 is 35.3 Å². The van der Waals surface area contributed by atoms with Crippen LogP contribution in [0.1, 0.15) is 33.6 Å². The Labute approximate surface area is 349 Å². The van der Waals surface area contributed by atoms with Crippen molar-refractivity contribution in [1.82, 2.24) is 0 Å². The minimum atomic E-state index is -2.91. The van der Waals surface area contributed by atoms with E-state index in [1.165, 1.54) is 20.8 Å². The number of anilines is 2. The molecule has 2 heterocycles. The zero-order valence-electron chi connectivity index (χ0n) is 30.9. The Balaban J connectivity index is 1.36. The summed E-state index contributed by atoms with van der Waals surface area (Å²) in [6.45, 7) is 4.31. The quantitative estimate of drug-likeness (QED) is 0.0754. The topological polar surface area (TPSA) is 74.8 Å². The molecule has 0 saturated carbocycles. The first-order valence-corrected chi connectivity index (χ1v) is 19.7. The van der Waals surface area contributed by atoms with E-state index < -0.39 is 217 Å². The van der Waals surface area contributed by atoms with Crippen LogP contribution in [0, 0.1) is 104 Å². The van der Waals surface area contributed by atoms with E-state index >= 15 is 52.7 Å². The molecule has 4 aromatic carbocycles. The second kappa shape index (κ2) is 16.3. The predicted octanol–water partition coefficient (Wildman–Crippen LogP) is 10.8. The maximum atomic E-state index is 15.6. The summed E-state index contributed by atoms with van der Waals surface area (Å²) < 4.78 is 243. The molecule has 330 valence electrons. The minimum Gasteiger partial charge on any atom is -0.274 e. The lowest BCUT2D eigenvalue weighted by molar-refractivity contribution is -0.124. The molecule has 2 aliphatic heterocycles. The second-order valence-corrected chi connectivity index (χ2v) is 17.2. The summed E-state index contributed by atoms with van der Waals surface area (Å²) in [7, 11) is 0. The molecular formula is C37H18F16N2O4S3. The minimum absolute atomic E-state index is 0.187. The number of imide groups is 2. The van der Waals surface area contributed by atoms with Crippen LogP contribution in [-0.4, -0.2) is 35.1 Å². The Bertz CT molecular complexity index is 2600. The number of thioether (sulfide) groups is 2. The molecule has 0 N–H and O–H groups in total. The third-order valence-corrected chi connectivity index (χ3v) is 12.6. The molecule has 4 amide bonds. The SMILES string of the molecule is CSc1c(F)c(F)c(Sc2c(F)c(F)c(SC3CC(=O)N(c4c(F)c(F)c(-c5c(F)c(F)c(N6C(=O)CC(C(C)(C)C)C6=O)c(F)c5F)c(F)c4F)C3=O)c(F)c2F)c(F)c1F. The average Bonchev–Trinajstić information content (AvgIpc) is 3.66. The van der Waals surface area contributed by atoms with Crippen LogP contribution < -0.4 is 9.80 Å². The number of halogens is 16. The third-order valence-electron chi connectivity index (χ3n) is 9.51. The van der Waals surface area contributed by atoms with E-state index in [1.807, 2.05) is 0 Å². The summed E-state index contributed by atoms with van der Waals surface area (Å²) in [6, 6.07) is 0. The second-order valence-electron chi connectivity index (χ2n) is 14.2. The van der Waals surface area contributed by atoms with Gasteiger partial charge in [0.2, 0.25) is 23.6 Å². The summed E-state index contributed by atoms with van der Waals surface area (Å²) in [4.78, 5) is 43.9. The number of benzene rings is 4. The zero-order valence-corrected chi connectivity index (χ0v) is 33.3. The Hall–Kier alpha value is -4.91. The molecule has 2 aliphatic rings. The Morgan fingerprint density at radius 3 is 1.10 bits per heavy atom. The number of carbonyl (C=O) groups excluding carboxylic acids is 4. The molecule has 6 rings (SSSR count). The van der Waals surface area contributed by atoms with Crippen LogP contribution in [0.25, 0.3) is 11.1 Å². The molecule has 62 heavy (non-hydrogen) atoms. The fourth-order valence-corrected chi connectivity index (χ4v) is 9.00. The summed E-state index contributed by atoms with van der Waals surface area (Å²) in [6.07, 6.45) is -1.12. The van der Waals surface area contributed by atoms with Gasteiger partial charge in [-0.1, -0.05) is 32.5 Å². The summed E-state index contributed by atoms with van der Waals surface area (Å²) in [5.41, 5.74) is -10.3. The van der Waals surface area contributed by atoms with Crippen molar-refractivity contribution >= 4 is 70.3 Å². The Morgan fingerprint density at radius 1 is 0.435 bits per heavy atom. The highest BCUT2D eigenvalue weighted by molar-refractivity contribution is 8.01. The van der Waals surface area contributed by atoms with Gasteiger partial charge in [0.05, 0.1) is 41.9 Å². The molecule has 2 fully saturated rings. The van der Waals surface area contributed by atoms with Crippen molar-refractivity contribution in [2.24, 2.45) is 11.3 Å². The van der Waals surface area contributed by atoms with Crippen molar-refractivity contribution in [3.05, 3.63) is 93.1 Å². The van der Waals surface area contributed by atoms with Gasteiger partial charge in [-0.25, -0.2) is 80.0 Å².